The molecule has 1 aliphatic heterocycles. The maximum Gasteiger partial charge on any atom is 0.320 e. The molecule has 2 saturated carbocycles. The Bertz CT molecular complexity index is 886. The molecule has 7 nitrogen and oxygen atoms in total. The van der Waals surface area contributed by atoms with Gasteiger partial charge in [0.25, 0.3) is 0 Å². The fraction of sp³-hybridized carbons (Fsp3) is 0.733. The second-order valence-electron chi connectivity index (χ2n) is 11.5. The Kier molecular flexibility index (Phi) is 10.7. The van der Waals surface area contributed by atoms with Crippen LogP contribution >= 0.6 is 11.6 Å². The van der Waals surface area contributed by atoms with Gasteiger partial charge in [0.2, 0.25) is 5.91 Å². The van der Waals surface area contributed by atoms with Crippen molar-refractivity contribution < 1.29 is 9.59 Å². The van der Waals surface area contributed by atoms with E-state index in [2.05, 4.69) is 24.1 Å². The molecule has 212 valence electrons. The van der Waals surface area contributed by atoms with E-state index < -0.39 is 0 Å². The molecule has 1 atom stereocenters. The number of nitrogens with two attached hydrogens (primary N) is 1. The highest BCUT2D eigenvalue weighted by molar-refractivity contribution is 6.30. The smallest absolute Gasteiger partial charge is 0.320 e. The minimum absolute atomic E-state index is 0.177. The summed E-state index contributed by atoms with van der Waals surface area (Å²) in [6.07, 6.45) is 11.0. The minimum Gasteiger partial charge on any atom is -0.341 e. The van der Waals surface area contributed by atoms with Crippen LogP contribution in [0.25, 0.3) is 0 Å². The van der Waals surface area contributed by atoms with Gasteiger partial charge >= 0.3 is 6.03 Å². The maximum absolute atomic E-state index is 13.9. The quantitative estimate of drug-likeness (QED) is 0.466. The molecule has 1 heterocycles. The Balaban J connectivity index is 1.42. The first kappa shape index (κ1) is 29.2. The van der Waals surface area contributed by atoms with Gasteiger partial charge in [0.1, 0.15) is 0 Å². The first-order chi connectivity index (χ1) is 18.4. The molecule has 0 radical (unpaired) electrons. The van der Waals surface area contributed by atoms with Crippen LogP contribution in [-0.4, -0.2) is 83.0 Å². The van der Waals surface area contributed by atoms with Crippen molar-refractivity contribution in [2.75, 3.05) is 26.2 Å². The van der Waals surface area contributed by atoms with Crippen LogP contribution in [0.4, 0.5) is 4.79 Å². The number of likely N-dealkylation sites (tertiary alicyclic amines) is 1. The summed E-state index contributed by atoms with van der Waals surface area (Å²) < 4.78 is 0. The Morgan fingerprint density at radius 1 is 0.947 bits per heavy atom. The van der Waals surface area contributed by atoms with Gasteiger partial charge in [-0.3, -0.25) is 4.79 Å². The summed E-state index contributed by atoms with van der Waals surface area (Å²) in [5.41, 5.74) is 7.25. The second-order valence-corrected chi connectivity index (χ2v) is 12.0. The maximum atomic E-state index is 13.9. The lowest BCUT2D eigenvalue weighted by Crippen LogP contribution is -2.58. The van der Waals surface area contributed by atoms with E-state index in [1.165, 1.54) is 12.8 Å². The highest BCUT2D eigenvalue weighted by Crippen LogP contribution is 2.30. The minimum atomic E-state index is -0.268. The predicted octanol–water partition coefficient (Wildman–Crippen LogP) is 4.81. The van der Waals surface area contributed by atoms with Crippen LogP contribution in [0.3, 0.4) is 0 Å². The lowest BCUT2D eigenvalue weighted by Gasteiger charge is -2.44. The zero-order valence-electron chi connectivity index (χ0n) is 23.4. The highest BCUT2D eigenvalue weighted by atomic mass is 35.5. The number of hydrogen-bond acceptors (Lipinski definition) is 4. The van der Waals surface area contributed by atoms with Crippen LogP contribution in [-0.2, 0) is 11.2 Å². The first-order valence-electron chi connectivity index (χ1n) is 15.0. The molecule has 3 aliphatic rings. The first-order valence-corrected chi connectivity index (χ1v) is 15.4. The SMILES string of the molecule is CCN(CC)C(=O)N(C1CCCC1)C1CCN(C(=O)[C@@H](Cc2ccc(Cl)cc2)N[C@H]2CC[C@@H](N)CC2)CC1. The summed E-state index contributed by atoms with van der Waals surface area (Å²) in [6, 6.07) is 8.89. The summed E-state index contributed by atoms with van der Waals surface area (Å²) in [7, 11) is 0. The highest BCUT2D eigenvalue weighted by Gasteiger charge is 2.38. The molecule has 8 heteroatoms. The van der Waals surface area contributed by atoms with Crippen LogP contribution in [0.1, 0.15) is 83.6 Å². The van der Waals surface area contributed by atoms with Crippen molar-refractivity contribution in [2.45, 2.75) is 115 Å². The third-order valence-electron chi connectivity index (χ3n) is 9.00. The van der Waals surface area contributed by atoms with E-state index in [1.807, 2.05) is 34.1 Å². The molecule has 0 bridgehead atoms. The fourth-order valence-corrected chi connectivity index (χ4v) is 6.81. The van der Waals surface area contributed by atoms with Gasteiger partial charge in [-0.05, 0) is 89.3 Å². The third kappa shape index (κ3) is 7.42. The molecule has 1 aromatic rings. The number of carbonyl (C=O) groups excluding carboxylic acids is 2. The third-order valence-corrected chi connectivity index (χ3v) is 9.25. The Morgan fingerprint density at radius 3 is 2.11 bits per heavy atom. The lowest BCUT2D eigenvalue weighted by molar-refractivity contribution is -0.135. The number of hydrogen-bond donors (Lipinski definition) is 2. The monoisotopic (exact) mass is 545 g/mol. The molecule has 1 saturated heterocycles. The van der Waals surface area contributed by atoms with Gasteiger partial charge in [0, 0.05) is 55.4 Å². The van der Waals surface area contributed by atoms with Crippen molar-refractivity contribution in [1.29, 1.82) is 0 Å². The topological polar surface area (TPSA) is 81.9 Å². The summed E-state index contributed by atoms with van der Waals surface area (Å²) in [5.74, 6) is 0.177. The van der Waals surface area contributed by atoms with Gasteiger partial charge in [0.05, 0.1) is 6.04 Å². The molecule has 3 fully saturated rings. The van der Waals surface area contributed by atoms with Crippen LogP contribution in [0.5, 0.6) is 0 Å². The predicted molar refractivity (Wildman–Crippen MR) is 154 cm³/mol. The number of nitrogens with one attached hydrogen (secondary N) is 1. The fourth-order valence-electron chi connectivity index (χ4n) is 6.68. The van der Waals surface area contributed by atoms with Crippen molar-refractivity contribution >= 4 is 23.5 Å². The Labute approximate surface area is 234 Å². The van der Waals surface area contributed by atoms with E-state index in [9.17, 15) is 9.59 Å². The molecule has 4 rings (SSSR count). The van der Waals surface area contributed by atoms with Gasteiger partial charge in [-0.2, -0.15) is 0 Å². The van der Waals surface area contributed by atoms with Crippen LogP contribution in [0, 0.1) is 0 Å². The van der Waals surface area contributed by atoms with Crippen molar-refractivity contribution in [3.8, 4) is 0 Å². The van der Waals surface area contributed by atoms with E-state index in [0.29, 0.717) is 36.6 Å². The second kappa shape index (κ2) is 14.0. The van der Waals surface area contributed by atoms with Crippen molar-refractivity contribution in [3.05, 3.63) is 34.9 Å². The summed E-state index contributed by atoms with van der Waals surface area (Å²) in [6.45, 7) is 6.99. The van der Waals surface area contributed by atoms with Crippen molar-refractivity contribution in [3.63, 3.8) is 0 Å². The molecular weight excluding hydrogens is 498 g/mol. The van der Waals surface area contributed by atoms with Gasteiger partial charge in [-0.15, -0.1) is 0 Å². The number of halogens is 1. The Morgan fingerprint density at radius 2 is 1.53 bits per heavy atom. The lowest BCUT2D eigenvalue weighted by atomic mass is 9.90. The van der Waals surface area contributed by atoms with E-state index in [0.717, 1.165) is 70.0 Å². The largest absolute Gasteiger partial charge is 0.341 e. The molecule has 0 aromatic heterocycles. The normalized spacial score (nSPS) is 23.8. The Hall–Kier alpha value is -1.83. The summed E-state index contributed by atoms with van der Waals surface area (Å²) in [5, 5.41) is 4.42. The molecule has 0 unspecified atom stereocenters. The number of nitrogens with zero attached hydrogens (tertiary/aromatic N) is 3. The van der Waals surface area contributed by atoms with Crippen molar-refractivity contribution in [2.24, 2.45) is 5.73 Å². The van der Waals surface area contributed by atoms with E-state index >= 15 is 0 Å². The molecule has 3 N–H and O–H groups in total. The van der Waals surface area contributed by atoms with E-state index in [1.54, 1.807) is 0 Å². The number of urea groups is 1. The van der Waals surface area contributed by atoms with E-state index in [4.69, 9.17) is 17.3 Å². The average Bonchev–Trinajstić information content (AvgIpc) is 3.46. The molecule has 38 heavy (non-hydrogen) atoms. The standard InChI is InChI=1S/C30H48ClN5O2/c1-3-34(4-2)30(38)36(26-7-5-6-8-26)27-17-19-35(20-18-27)29(37)28(21-22-9-11-23(31)12-10-22)33-25-15-13-24(32)14-16-25/h9-12,24-28,33H,3-8,13-21,32H2,1-2H3/t24-,25+,28-/m1/s1. The van der Waals surface area contributed by atoms with Crippen molar-refractivity contribution in [1.82, 2.24) is 20.0 Å². The number of benzene rings is 1. The zero-order valence-corrected chi connectivity index (χ0v) is 24.2. The zero-order chi connectivity index (χ0) is 27.1. The van der Waals surface area contributed by atoms with Crippen LogP contribution in [0.2, 0.25) is 5.02 Å². The average molecular weight is 546 g/mol. The van der Waals surface area contributed by atoms with Gasteiger partial charge < -0.3 is 25.8 Å². The summed E-state index contributed by atoms with van der Waals surface area (Å²) in [4.78, 5) is 33.6. The summed E-state index contributed by atoms with van der Waals surface area (Å²) >= 11 is 6.11. The van der Waals surface area contributed by atoms with Gasteiger partial charge in [0.15, 0.2) is 0 Å². The van der Waals surface area contributed by atoms with Crippen LogP contribution in [0.15, 0.2) is 24.3 Å². The van der Waals surface area contributed by atoms with Crippen LogP contribution < -0.4 is 11.1 Å². The number of amides is 3. The van der Waals surface area contributed by atoms with E-state index in [-0.39, 0.29) is 30.1 Å². The number of carbonyl (C=O) groups is 2. The number of rotatable bonds is 9. The molecule has 0 spiro atoms. The van der Waals surface area contributed by atoms with Gasteiger partial charge in [-0.1, -0.05) is 36.6 Å². The molecule has 3 amide bonds. The number of piperidine rings is 1. The molecular formula is C30H48ClN5O2. The van der Waals surface area contributed by atoms with Gasteiger partial charge in [-0.25, -0.2) is 4.79 Å². The molecule has 1 aromatic carbocycles. The molecule has 2 aliphatic carbocycles.